The van der Waals surface area contributed by atoms with Crippen LogP contribution in [0.4, 0.5) is 4.39 Å². The lowest BCUT2D eigenvalue weighted by molar-refractivity contribution is 0.422. The van der Waals surface area contributed by atoms with Crippen molar-refractivity contribution in [3.05, 3.63) is 64.5 Å². The molecule has 0 amide bonds. The van der Waals surface area contributed by atoms with Gasteiger partial charge in [-0.05, 0) is 63.8 Å². The Bertz CT molecular complexity index is 701. The van der Waals surface area contributed by atoms with E-state index in [2.05, 4.69) is 41.5 Å². The Morgan fingerprint density at radius 2 is 1.36 bits per heavy atom. The number of phenols is 1. The van der Waals surface area contributed by atoms with Crippen LogP contribution >= 0.6 is 0 Å². The van der Waals surface area contributed by atoms with Crippen LogP contribution in [0.1, 0.15) is 69.8 Å². The quantitative estimate of drug-likeness (QED) is 0.787. The predicted molar refractivity (Wildman–Crippen MR) is 103 cm³/mol. The van der Waals surface area contributed by atoms with Crippen LogP contribution < -0.4 is 5.73 Å². The average Bonchev–Trinajstić information content (AvgIpc) is 2.47. The normalized spacial score (nSPS) is 13.8. The molecular formula is C22H30FNO. The van der Waals surface area contributed by atoms with Crippen LogP contribution in [0, 0.1) is 5.82 Å². The molecule has 0 spiro atoms. The first kappa shape index (κ1) is 19.5. The molecule has 0 fully saturated rings. The van der Waals surface area contributed by atoms with Crippen LogP contribution in [0.5, 0.6) is 5.75 Å². The first-order valence-corrected chi connectivity index (χ1v) is 8.77. The Kier molecular flexibility index (Phi) is 5.29. The van der Waals surface area contributed by atoms with Crippen LogP contribution in [-0.2, 0) is 17.3 Å². The van der Waals surface area contributed by atoms with Gasteiger partial charge in [0.2, 0.25) is 0 Å². The van der Waals surface area contributed by atoms with Crippen molar-refractivity contribution < 1.29 is 9.50 Å². The molecule has 0 aliphatic heterocycles. The van der Waals surface area contributed by atoms with Gasteiger partial charge in [0.1, 0.15) is 11.6 Å². The van der Waals surface area contributed by atoms with Gasteiger partial charge in [0.05, 0.1) is 0 Å². The third kappa shape index (κ3) is 4.60. The number of benzene rings is 2. The Morgan fingerprint density at radius 3 is 1.76 bits per heavy atom. The molecule has 0 bridgehead atoms. The fourth-order valence-electron chi connectivity index (χ4n) is 3.01. The molecule has 136 valence electrons. The van der Waals surface area contributed by atoms with Crippen molar-refractivity contribution >= 4 is 0 Å². The van der Waals surface area contributed by atoms with E-state index in [-0.39, 0.29) is 22.7 Å². The van der Waals surface area contributed by atoms with E-state index in [0.29, 0.717) is 12.2 Å². The minimum absolute atomic E-state index is 0.185. The SMILES string of the molecule is CC(C)(C)c1cc(C(N)Cc2ccc(F)cc2)cc(C(C)(C)C)c1O. The molecule has 2 rings (SSSR count). The van der Waals surface area contributed by atoms with Crippen molar-refractivity contribution in [1.29, 1.82) is 0 Å². The molecule has 2 nitrogen and oxygen atoms in total. The van der Waals surface area contributed by atoms with Crippen LogP contribution in [0.2, 0.25) is 0 Å². The van der Waals surface area contributed by atoms with Crippen molar-refractivity contribution in [2.24, 2.45) is 5.73 Å². The Labute approximate surface area is 150 Å². The summed E-state index contributed by atoms with van der Waals surface area (Å²) in [4.78, 5) is 0. The van der Waals surface area contributed by atoms with Crippen LogP contribution in [0.3, 0.4) is 0 Å². The van der Waals surface area contributed by atoms with E-state index in [0.717, 1.165) is 22.3 Å². The van der Waals surface area contributed by atoms with Crippen molar-refractivity contribution in [2.45, 2.75) is 64.8 Å². The number of nitrogens with two attached hydrogens (primary N) is 1. The first-order valence-electron chi connectivity index (χ1n) is 8.77. The topological polar surface area (TPSA) is 46.2 Å². The summed E-state index contributed by atoms with van der Waals surface area (Å²) in [5, 5.41) is 10.8. The molecule has 2 aromatic carbocycles. The van der Waals surface area contributed by atoms with E-state index < -0.39 is 0 Å². The molecule has 0 radical (unpaired) electrons. The molecule has 2 aromatic rings. The molecule has 0 aliphatic carbocycles. The van der Waals surface area contributed by atoms with Gasteiger partial charge in [-0.25, -0.2) is 4.39 Å². The van der Waals surface area contributed by atoms with Crippen molar-refractivity contribution in [3.8, 4) is 5.75 Å². The van der Waals surface area contributed by atoms with Gasteiger partial charge >= 0.3 is 0 Å². The number of phenolic OH excluding ortho intramolecular Hbond substituents is 1. The van der Waals surface area contributed by atoms with Gasteiger partial charge in [-0.1, -0.05) is 53.7 Å². The zero-order valence-corrected chi connectivity index (χ0v) is 16.2. The van der Waals surface area contributed by atoms with Crippen molar-refractivity contribution in [3.63, 3.8) is 0 Å². The van der Waals surface area contributed by atoms with Gasteiger partial charge in [-0.2, -0.15) is 0 Å². The standard InChI is InChI=1S/C22H30FNO/c1-21(2,3)17-12-15(13-18(20(17)25)22(4,5)6)19(24)11-14-7-9-16(23)10-8-14/h7-10,12-13,19,25H,11,24H2,1-6H3. The summed E-state index contributed by atoms with van der Waals surface area (Å²) in [6.07, 6.45) is 0.623. The van der Waals surface area contributed by atoms with Crippen LogP contribution in [0.15, 0.2) is 36.4 Å². The van der Waals surface area contributed by atoms with Gasteiger partial charge in [0.25, 0.3) is 0 Å². The van der Waals surface area contributed by atoms with Gasteiger partial charge in [0.15, 0.2) is 0 Å². The summed E-state index contributed by atoms with van der Waals surface area (Å²) in [5.74, 6) is 0.115. The predicted octanol–water partition coefficient (Wildman–Crippen LogP) is 5.37. The molecule has 1 unspecified atom stereocenters. The minimum atomic E-state index is -0.244. The zero-order chi connectivity index (χ0) is 19.0. The van der Waals surface area contributed by atoms with Gasteiger partial charge in [0, 0.05) is 6.04 Å². The van der Waals surface area contributed by atoms with E-state index in [9.17, 15) is 9.50 Å². The highest BCUT2D eigenvalue weighted by molar-refractivity contribution is 5.50. The summed E-state index contributed by atoms with van der Waals surface area (Å²) in [6, 6.07) is 10.3. The Balaban J connectivity index is 2.47. The van der Waals surface area contributed by atoms with Crippen LogP contribution in [-0.4, -0.2) is 5.11 Å². The minimum Gasteiger partial charge on any atom is -0.507 e. The number of rotatable bonds is 3. The van der Waals surface area contributed by atoms with E-state index in [1.807, 2.05) is 12.1 Å². The third-order valence-corrected chi connectivity index (χ3v) is 4.55. The monoisotopic (exact) mass is 343 g/mol. The maximum Gasteiger partial charge on any atom is 0.123 e. The summed E-state index contributed by atoms with van der Waals surface area (Å²) >= 11 is 0. The smallest absolute Gasteiger partial charge is 0.123 e. The lowest BCUT2D eigenvalue weighted by Crippen LogP contribution is -2.21. The summed E-state index contributed by atoms with van der Waals surface area (Å²) in [6.45, 7) is 12.5. The number of halogens is 1. The molecule has 0 heterocycles. The molecule has 3 heteroatoms. The molecule has 0 saturated carbocycles. The number of hydrogen-bond acceptors (Lipinski definition) is 2. The molecular weight excluding hydrogens is 313 g/mol. The molecule has 0 aromatic heterocycles. The third-order valence-electron chi connectivity index (χ3n) is 4.55. The van der Waals surface area contributed by atoms with Gasteiger partial charge < -0.3 is 10.8 Å². The van der Waals surface area contributed by atoms with Gasteiger partial charge in [-0.15, -0.1) is 0 Å². The van der Waals surface area contributed by atoms with Gasteiger partial charge in [-0.3, -0.25) is 0 Å². The highest BCUT2D eigenvalue weighted by Gasteiger charge is 2.27. The molecule has 0 aliphatic rings. The lowest BCUT2D eigenvalue weighted by atomic mass is 9.77. The second kappa shape index (κ2) is 6.80. The maximum atomic E-state index is 13.1. The average molecular weight is 343 g/mol. The first-order chi connectivity index (χ1) is 11.4. The second-order valence-electron chi connectivity index (χ2n) is 8.90. The molecule has 0 saturated heterocycles. The number of hydrogen-bond donors (Lipinski definition) is 2. The zero-order valence-electron chi connectivity index (χ0n) is 16.2. The largest absolute Gasteiger partial charge is 0.507 e. The maximum absolute atomic E-state index is 13.1. The van der Waals surface area contributed by atoms with Crippen molar-refractivity contribution in [1.82, 2.24) is 0 Å². The fraction of sp³-hybridized carbons (Fsp3) is 0.455. The second-order valence-corrected chi connectivity index (χ2v) is 8.90. The molecule has 1 atom stereocenters. The fourth-order valence-corrected chi connectivity index (χ4v) is 3.01. The summed E-state index contributed by atoms with van der Waals surface area (Å²) in [7, 11) is 0. The Hall–Kier alpha value is -1.87. The highest BCUT2D eigenvalue weighted by Crippen LogP contribution is 2.40. The Morgan fingerprint density at radius 1 is 0.920 bits per heavy atom. The van der Waals surface area contributed by atoms with E-state index in [1.165, 1.54) is 12.1 Å². The summed E-state index contributed by atoms with van der Waals surface area (Å²) in [5.41, 5.74) is 9.90. The number of aromatic hydroxyl groups is 1. The lowest BCUT2D eigenvalue weighted by Gasteiger charge is -2.29. The molecule has 3 N–H and O–H groups in total. The van der Waals surface area contributed by atoms with E-state index in [4.69, 9.17) is 5.73 Å². The van der Waals surface area contributed by atoms with Crippen molar-refractivity contribution in [2.75, 3.05) is 0 Å². The highest BCUT2D eigenvalue weighted by atomic mass is 19.1. The summed E-state index contributed by atoms with van der Waals surface area (Å²) < 4.78 is 13.1. The van der Waals surface area contributed by atoms with Crippen LogP contribution in [0.25, 0.3) is 0 Å². The molecule has 25 heavy (non-hydrogen) atoms. The van der Waals surface area contributed by atoms with E-state index >= 15 is 0 Å². The van der Waals surface area contributed by atoms with E-state index in [1.54, 1.807) is 12.1 Å².